The van der Waals surface area contributed by atoms with E-state index in [-0.39, 0.29) is 10.4 Å². The minimum atomic E-state index is -0.399. The lowest BCUT2D eigenvalue weighted by molar-refractivity contribution is 0.0952. The summed E-state index contributed by atoms with van der Waals surface area (Å²) in [6, 6.07) is 4.12. The van der Waals surface area contributed by atoms with Crippen molar-refractivity contribution in [2.45, 2.75) is 6.54 Å². The van der Waals surface area contributed by atoms with Gasteiger partial charge in [-0.3, -0.25) is 9.48 Å². The largest absolute Gasteiger partial charge is 0.396 e. The SMILES string of the molecule is Nc1cnn(CCNC(=O)c2ccc(F)c(Br)c2)c1. The summed E-state index contributed by atoms with van der Waals surface area (Å²) >= 11 is 3.04. The van der Waals surface area contributed by atoms with E-state index in [0.29, 0.717) is 24.3 Å². The molecule has 7 heteroatoms. The van der Waals surface area contributed by atoms with Crippen LogP contribution in [0.5, 0.6) is 0 Å². The summed E-state index contributed by atoms with van der Waals surface area (Å²) < 4.78 is 14.9. The molecule has 0 radical (unpaired) electrons. The molecule has 2 aromatic rings. The van der Waals surface area contributed by atoms with Gasteiger partial charge >= 0.3 is 0 Å². The molecule has 1 aromatic heterocycles. The Morgan fingerprint density at radius 2 is 2.32 bits per heavy atom. The molecule has 0 aliphatic heterocycles. The van der Waals surface area contributed by atoms with E-state index in [2.05, 4.69) is 26.3 Å². The highest BCUT2D eigenvalue weighted by atomic mass is 79.9. The van der Waals surface area contributed by atoms with Crippen LogP contribution in [0.1, 0.15) is 10.4 Å². The van der Waals surface area contributed by atoms with Crippen LogP contribution in [0.4, 0.5) is 10.1 Å². The van der Waals surface area contributed by atoms with Crippen molar-refractivity contribution in [3.05, 3.63) is 46.4 Å². The Bertz CT molecular complexity index is 599. The van der Waals surface area contributed by atoms with Crippen molar-refractivity contribution in [2.75, 3.05) is 12.3 Å². The molecular weight excluding hydrogens is 315 g/mol. The smallest absolute Gasteiger partial charge is 0.251 e. The van der Waals surface area contributed by atoms with Crippen molar-refractivity contribution in [1.82, 2.24) is 15.1 Å². The number of benzene rings is 1. The van der Waals surface area contributed by atoms with Crippen LogP contribution in [0, 0.1) is 5.82 Å². The first kappa shape index (κ1) is 13.5. The first-order valence-electron chi connectivity index (χ1n) is 5.57. The highest BCUT2D eigenvalue weighted by Gasteiger charge is 2.07. The van der Waals surface area contributed by atoms with Crippen molar-refractivity contribution in [1.29, 1.82) is 0 Å². The molecule has 0 fully saturated rings. The number of nitrogens with two attached hydrogens (primary N) is 1. The topological polar surface area (TPSA) is 72.9 Å². The van der Waals surface area contributed by atoms with Crippen molar-refractivity contribution in [3.63, 3.8) is 0 Å². The highest BCUT2D eigenvalue weighted by molar-refractivity contribution is 9.10. The number of amides is 1. The van der Waals surface area contributed by atoms with E-state index >= 15 is 0 Å². The normalized spacial score (nSPS) is 10.4. The summed E-state index contributed by atoms with van der Waals surface area (Å²) in [7, 11) is 0. The zero-order chi connectivity index (χ0) is 13.8. The number of carbonyl (C=O) groups is 1. The van der Waals surface area contributed by atoms with E-state index in [1.807, 2.05) is 0 Å². The molecule has 0 spiro atoms. The fraction of sp³-hybridized carbons (Fsp3) is 0.167. The Kier molecular flexibility index (Phi) is 4.16. The molecule has 1 aromatic carbocycles. The zero-order valence-electron chi connectivity index (χ0n) is 9.94. The van der Waals surface area contributed by atoms with E-state index in [9.17, 15) is 9.18 Å². The Morgan fingerprint density at radius 1 is 1.53 bits per heavy atom. The maximum absolute atomic E-state index is 13.0. The number of nitrogens with zero attached hydrogens (tertiary/aromatic N) is 2. The van der Waals surface area contributed by atoms with E-state index in [4.69, 9.17) is 5.73 Å². The fourth-order valence-corrected chi connectivity index (χ4v) is 1.90. The summed E-state index contributed by atoms with van der Waals surface area (Å²) in [5.74, 6) is -0.663. The fourth-order valence-electron chi connectivity index (χ4n) is 1.53. The molecule has 0 saturated carbocycles. The Morgan fingerprint density at radius 3 is 2.95 bits per heavy atom. The molecule has 0 aliphatic rings. The third-order valence-electron chi connectivity index (χ3n) is 2.46. The van der Waals surface area contributed by atoms with E-state index in [0.717, 1.165) is 0 Å². The van der Waals surface area contributed by atoms with Crippen LogP contribution in [0.15, 0.2) is 35.1 Å². The van der Waals surface area contributed by atoms with Gasteiger partial charge in [-0.1, -0.05) is 0 Å². The van der Waals surface area contributed by atoms with Gasteiger partial charge in [-0.05, 0) is 34.1 Å². The average Bonchev–Trinajstić information content (AvgIpc) is 2.78. The third-order valence-corrected chi connectivity index (χ3v) is 3.07. The van der Waals surface area contributed by atoms with Gasteiger partial charge in [0.25, 0.3) is 5.91 Å². The molecule has 100 valence electrons. The van der Waals surface area contributed by atoms with Crippen LogP contribution in [0.3, 0.4) is 0 Å². The molecular formula is C12H12BrFN4O. The molecule has 1 heterocycles. The van der Waals surface area contributed by atoms with Crippen molar-refractivity contribution in [2.24, 2.45) is 0 Å². The van der Waals surface area contributed by atoms with Gasteiger partial charge in [-0.15, -0.1) is 0 Å². The van der Waals surface area contributed by atoms with Crippen LogP contribution in [-0.4, -0.2) is 22.2 Å². The van der Waals surface area contributed by atoms with Gasteiger partial charge in [0.05, 0.1) is 22.9 Å². The summed E-state index contributed by atoms with van der Waals surface area (Å²) in [5, 5.41) is 6.71. The second-order valence-electron chi connectivity index (χ2n) is 3.92. The van der Waals surface area contributed by atoms with Gasteiger partial charge in [0.2, 0.25) is 0 Å². The second-order valence-corrected chi connectivity index (χ2v) is 4.78. The Balaban J connectivity index is 1.89. The quantitative estimate of drug-likeness (QED) is 0.899. The summed E-state index contributed by atoms with van der Waals surface area (Å²) in [6.07, 6.45) is 3.22. The van der Waals surface area contributed by atoms with Crippen LogP contribution < -0.4 is 11.1 Å². The predicted molar refractivity (Wildman–Crippen MR) is 73.1 cm³/mol. The molecule has 0 atom stereocenters. The van der Waals surface area contributed by atoms with Crippen LogP contribution >= 0.6 is 15.9 Å². The number of aromatic nitrogens is 2. The maximum Gasteiger partial charge on any atom is 0.251 e. The molecule has 19 heavy (non-hydrogen) atoms. The molecule has 0 unspecified atom stereocenters. The van der Waals surface area contributed by atoms with E-state index in [1.54, 1.807) is 17.1 Å². The molecule has 2 rings (SSSR count). The molecule has 3 N–H and O–H groups in total. The van der Waals surface area contributed by atoms with Gasteiger partial charge < -0.3 is 11.1 Å². The standard InChI is InChI=1S/C12H12BrFN4O/c13-10-5-8(1-2-11(10)14)12(19)16-3-4-18-7-9(15)6-17-18/h1-2,5-7H,3-4,15H2,(H,16,19). The predicted octanol–water partition coefficient (Wildman–Crippen LogP) is 1.80. The number of anilines is 1. The van der Waals surface area contributed by atoms with Crippen molar-refractivity contribution >= 4 is 27.5 Å². The highest BCUT2D eigenvalue weighted by Crippen LogP contribution is 2.16. The van der Waals surface area contributed by atoms with Crippen molar-refractivity contribution < 1.29 is 9.18 Å². The summed E-state index contributed by atoms with van der Waals surface area (Å²) in [6.45, 7) is 0.931. The van der Waals surface area contributed by atoms with Crippen LogP contribution in [-0.2, 0) is 6.54 Å². The monoisotopic (exact) mass is 326 g/mol. The van der Waals surface area contributed by atoms with E-state index in [1.165, 1.54) is 18.2 Å². The van der Waals surface area contributed by atoms with Gasteiger partial charge in [0.15, 0.2) is 0 Å². The first-order chi connectivity index (χ1) is 9.06. The number of hydrogen-bond donors (Lipinski definition) is 2. The van der Waals surface area contributed by atoms with Gasteiger partial charge in [0.1, 0.15) is 5.82 Å². The maximum atomic E-state index is 13.0. The molecule has 0 saturated heterocycles. The molecule has 0 bridgehead atoms. The van der Waals surface area contributed by atoms with Gasteiger partial charge in [0, 0.05) is 18.3 Å². The zero-order valence-corrected chi connectivity index (χ0v) is 11.5. The number of nitrogen functional groups attached to an aromatic ring is 1. The second kappa shape index (κ2) is 5.83. The third kappa shape index (κ3) is 3.54. The Labute approximate surface area is 117 Å². The lowest BCUT2D eigenvalue weighted by Crippen LogP contribution is -2.27. The lowest BCUT2D eigenvalue weighted by atomic mass is 10.2. The van der Waals surface area contributed by atoms with Gasteiger partial charge in [-0.25, -0.2) is 4.39 Å². The number of hydrogen-bond acceptors (Lipinski definition) is 3. The number of nitrogens with one attached hydrogen (secondary N) is 1. The molecule has 5 nitrogen and oxygen atoms in total. The van der Waals surface area contributed by atoms with Gasteiger partial charge in [-0.2, -0.15) is 5.10 Å². The van der Waals surface area contributed by atoms with E-state index < -0.39 is 5.82 Å². The van der Waals surface area contributed by atoms with Crippen LogP contribution in [0.2, 0.25) is 0 Å². The van der Waals surface area contributed by atoms with Crippen molar-refractivity contribution in [3.8, 4) is 0 Å². The average molecular weight is 327 g/mol. The summed E-state index contributed by atoms with van der Waals surface area (Å²) in [4.78, 5) is 11.8. The molecule has 0 aliphatic carbocycles. The van der Waals surface area contributed by atoms with Crippen LogP contribution in [0.25, 0.3) is 0 Å². The molecule has 1 amide bonds. The summed E-state index contributed by atoms with van der Waals surface area (Å²) in [5.41, 5.74) is 6.49. The first-order valence-corrected chi connectivity index (χ1v) is 6.37. The minimum absolute atomic E-state index is 0.263. The number of halogens is 2. The number of rotatable bonds is 4. The lowest BCUT2D eigenvalue weighted by Gasteiger charge is -2.06. The minimum Gasteiger partial charge on any atom is -0.396 e. The number of carbonyl (C=O) groups excluding carboxylic acids is 1. The Hall–Kier alpha value is -1.89.